The summed E-state index contributed by atoms with van der Waals surface area (Å²) < 4.78 is 12.0. The van der Waals surface area contributed by atoms with Crippen molar-refractivity contribution in [1.29, 1.82) is 0 Å². The van der Waals surface area contributed by atoms with Crippen LogP contribution in [0.2, 0.25) is 19.6 Å². The maximum Gasteiger partial charge on any atom is 0.487 e. The van der Waals surface area contributed by atoms with Gasteiger partial charge in [-0.3, -0.25) is 0 Å². The van der Waals surface area contributed by atoms with Crippen LogP contribution >= 0.6 is 0 Å². The highest BCUT2D eigenvalue weighted by Crippen LogP contribution is 2.36. The lowest BCUT2D eigenvalue weighted by atomic mass is 9.90. The van der Waals surface area contributed by atoms with E-state index in [4.69, 9.17) is 9.31 Å². The summed E-state index contributed by atoms with van der Waals surface area (Å²) in [6, 6.07) is 10.5. The van der Waals surface area contributed by atoms with Crippen LogP contribution in [0.3, 0.4) is 0 Å². The first-order chi connectivity index (χ1) is 11.5. The van der Waals surface area contributed by atoms with Gasteiger partial charge in [0.05, 0.1) is 19.3 Å². The van der Waals surface area contributed by atoms with Crippen molar-refractivity contribution in [3.63, 3.8) is 0 Å². The van der Waals surface area contributed by atoms with Crippen LogP contribution < -0.4 is 0 Å². The second-order valence-electron chi connectivity index (χ2n) is 8.63. The lowest BCUT2D eigenvalue weighted by molar-refractivity contribution is 0.00578. The highest BCUT2D eigenvalue weighted by atomic mass is 28.3. The predicted octanol–water partition coefficient (Wildman–Crippen LogP) is 5.69. The maximum absolute atomic E-state index is 5.99. The molecule has 0 spiro atoms. The highest BCUT2D eigenvalue weighted by Gasteiger charge is 2.49. The summed E-state index contributed by atoms with van der Waals surface area (Å²) in [4.78, 5) is 0. The zero-order chi connectivity index (χ0) is 18.7. The molecule has 1 aliphatic rings. The zero-order valence-electron chi connectivity index (χ0n) is 16.7. The van der Waals surface area contributed by atoms with E-state index in [-0.39, 0.29) is 18.3 Å². The quantitative estimate of drug-likeness (QED) is 0.499. The molecule has 1 aromatic rings. The number of benzene rings is 1. The summed E-state index contributed by atoms with van der Waals surface area (Å²) in [5, 5.41) is 1.41. The van der Waals surface area contributed by atoms with E-state index in [1.54, 1.807) is 0 Å². The lowest BCUT2D eigenvalue weighted by Crippen LogP contribution is -2.41. The minimum absolute atomic E-state index is 0.289. The Morgan fingerprint density at radius 3 is 2.00 bits per heavy atom. The van der Waals surface area contributed by atoms with E-state index in [9.17, 15) is 0 Å². The van der Waals surface area contributed by atoms with Gasteiger partial charge in [0.1, 0.15) is 0 Å². The summed E-state index contributed by atoms with van der Waals surface area (Å²) in [5.74, 6) is 1.98. The molecule has 4 heteroatoms. The second kappa shape index (κ2) is 7.48. The summed E-state index contributed by atoms with van der Waals surface area (Å²) in [6.45, 7) is 15.4. The summed E-state index contributed by atoms with van der Waals surface area (Å²) in [5.41, 5.74) is 0.671. The van der Waals surface area contributed by atoms with Crippen molar-refractivity contribution in [2.45, 2.75) is 58.5 Å². The van der Waals surface area contributed by atoms with Crippen LogP contribution in [0, 0.1) is 0 Å². The van der Waals surface area contributed by atoms with Crippen molar-refractivity contribution in [2.24, 2.45) is 0 Å². The van der Waals surface area contributed by atoms with E-state index in [2.05, 4.69) is 95.9 Å². The topological polar surface area (TPSA) is 18.5 Å². The van der Waals surface area contributed by atoms with Crippen LogP contribution in [-0.4, -0.2) is 26.4 Å². The van der Waals surface area contributed by atoms with E-state index < -0.39 is 8.07 Å². The highest BCUT2D eigenvalue weighted by molar-refractivity contribution is 6.84. The monoisotopic (exact) mass is 354 g/mol. The molecule has 1 heterocycles. The molecule has 1 aromatic carbocycles. The first-order valence-electron chi connectivity index (χ1n) is 8.99. The van der Waals surface area contributed by atoms with Crippen molar-refractivity contribution < 1.29 is 9.31 Å². The van der Waals surface area contributed by atoms with E-state index in [0.29, 0.717) is 0 Å². The molecular formula is C21H31BO2Si. The van der Waals surface area contributed by atoms with Crippen molar-refractivity contribution in [3.8, 4) is 0 Å². The SMILES string of the molecule is CC1(C)OB(/C=C/C=C/C(=C/c2ccccc2)[Si](C)(C)C)OC1(C)C. The van der Waals surface area contributed by atoms with Gasteiger partial charge in [-0.25, -0.2) is 0 Å². The normalized spacial score (nSPS) is 20.8. The van der Waals surface area contributed by atoms with Crippen molar-refractivity contribution in [2.75, 3.05) is 0 Å². The van der Waals surface area contributed by atoms with E-state index in [1.165, 1.54) is 10.8 Å². The molecule has 0 amide bonds. The molecule has 0 N–H and O–H groups in total. The van der Waals surface area contributed by atoms with E-state index in [1.807, 2.05) is 12.1 Å². The Morgan fingerprint density at radius 2 is 1.48 bits per heavy atom. The third-order valence-corrected chi connectivity index (χ3v) is 6.96. The summed E-state index contributed by atoms with van der Waals surface area (Å²) in [7, 11) is -1.71. The Balaban J connectivity index is 2.09. The third-order valence-electron chi connectivity index (χ3n) is 4.91. The molecule has 0 atom stereocenters. The molecule has 25 heavy (non-hydrogen) atoms. The summed E-state index contributed by atoms with van der Waals surface area (Å²) in [6.07, 6.45) is 8.64. The van der Waals surface area contributed by atoms with Gasteiger partial charge in [0, 0.05) is 0 Å². The van der Waals surface area contributed by atoms with E-state index in [0.717, 1.165) is 0 Å². The van der Waals surface area contributed by atoms with Crippen molar-refractivity contribution in [3.05, 3.63) is 65.3 Å². The van der Waals surface area contributed by atoms with Crippen molar-refractivity contribution in [1.82, 2.24) is 0 Å². The van der Waals surface area contributed by atoms with Gasteiger partial charge in [-0.2, -0.15) is 0 Å². The Hall–Kier alpha value is -1.36. The molecule has 0 unspecified atom stereocenters. The third kappa shape index (κ3) is 5.31. The molecule has 1 aliphatic heterocycles. The molecule has 2 rings (SSSR count). The van der Waals surface area contributed by atoms with Crippen molar-refractivity contribution >= 4 is 21.3 Å². The minimum atomic E-state index is -1.42. The van der Waals surface area contributed by atoms with Crippen LogP contribution in [0.25, 0.3) is 6.08 Å². The van der Waals surface area contributed by atoms with Gasteiger partial charge >= 0.3 is 7.12 Å². The molecule has 0 bridgehead atoms. The van der Waals surface area contributed by atoms with Crippen LogP contribution in [-0.2, 0) is 9.31 Å². The van der Waals surface area contributed by atoms with Crippen LogP contribution in [0.1, 0.15) is 33.3 Å². The molecule has 0 radical (unpaired) electrons. The fourth-order valence-electron chi connectivity index (χ4n) is 2.52. The number of hydrogen-bond acceptors (Lipinski definition) is 2. The average Bonchev–Trinajstić information content (AvgIpc) is 2.70. The van der Waals surface area contributed by atoms with Gasteiger partial charge in [-0.05, 0) is 33.3 Å². The number of hydrogen-bond donors (Lipinski definition) is 0. The first-order valence-corrected chi connectivity index (χ1v) is 12.5. The standard InChI is InChI=1S/C21H31BO2Si/c1-20(2)21(3,4)24-22(23-20)16-12-11-15-19(25(5,6)7)17-18-13-9-8-10-14-18/h8-17H,1-7H3/b15-11+,16-12+,19-17-. The van der Waals surface area contributed by atoms with Gasteiger partial charge in [-0.15, -0.1) is 0 Å². The molecular weight excluding hydrogens is 323 g/mol. The number of rotatable bonds is 5. The van der Waals surface area contributed by atoms with Crippen LogP contribution in [0.15, 0.2) is 59.7 Å². The first kappa shape index (κ1) is 20.0. The molecule has 1 fully saturated rings. The van der Waals surface area contributed by atoms with Crippen LogP contribution in [0.5, 0.6) is 0 Å². The smallest absolute Gasteiger partial charge is 0.400 e. The zero-order valence-corrected chi connectivity index (χ0v) is 17.7. The second-order valence-corrected chi connectivity index (χ2v) is 13.7. The molecule has 0 aromatic heterocycles. The molecule has 134 valence electrons. The fraction of sp³-hybridized carbons (Fsp3) is 0.429. The molecule has 2 nitrogen and oxygen atoms in total. The fourth-order valence-corrected chi connectivity index (χ4v) is 3.72. The molecule has 0 saturated carbocycles. The minimum Gasteiger partial charge on any atom is -0.400 e. The Morgan fingerprint density at radius 1 is 0.920 bits per heavy atom. The Bertz CT molecular complexity index is 651. The van der Waals surface area contributed by atoms with Gasteiger partial charge in [-0.1, -0.05) is 85.4 Å². The average molecular weight is 354 g/mol. The van der Waals surface area contributed by atoms with Gasteiger partial charge in [0.2, 0.25) is 0 Å². The Labute approximate surface area is 154 Å². The molecule has 1 saturated heterocycles. The predicted molar refractivity (Wildman–Crippen MR) is 112 cm³/mol. The lowest BCUT2D eigenvalue weighted by Gasteiger charge is -2.32. The van der Waals surface area contributed by atoms with Crippen LogP contribution in [0.4, 0.5) is 0 Å². The van der Waals surface area contributed by atoms with Gasteiger partial charge < -0.3 is 9.31 Å². The van der Waals surface area contributed by atoms with E-state index >= 15 is 0 Å². The maximum atomic E-state index is 5.99. The summed E-state index contributed by atoms with van der Waals surface area (Å²) >= 11 is 0. The largest absolute Gasteiger partial charge is 0.487 e. The number of allylic oxidation sites excluding steroid dienone is 4. The molecule has 0 aliphatic carbocycles. The van der Waals surface area contributed by atoms with Gasteiger partial charge in [0.15, 0.2) is 0 Å². The van der Waals surface area contributed by atoms with Gasteiger partial charge in [0.25, 0.3) is 0 Å². The Kier molecular flexibility index (Phi) is 5.98.